The van der Waals surface area contributed by atoms with Gasteiger partial charge in [-0.25, -0.2) is 4.79 Å². The fraction of sp³-hybridized carbons (Fsp3) is 0.900. The Bertz CT molecular complexity index is 199. The summed E-state index contributed by atoms with van der Waals surface area (Å²) >= 11 is 0. The van der Waals surface area contributed by atoms with Crippen molar-refractivity contribution >= 4 is 6.03 Å². The molecule has 5 heteroatoms. The molecule has 1 aliphatic rings. The Balaban J connectivity index is 1.99. The van der Waals surface area contributed by atoms with Gasteiger partial charge in [-0.1, -0.05) is 6.92 Å². The minimum Gasteiger partial charge on any atom is -0.396 e. The highest BCUT2D eigenvalue weighted by Gasteiger charge is 2.18. The Labute approximate surface area is 90.8 Å². The van der Waals surface area contributed by atoms with Crippen LogP contribution in [0.5, 0.6) is 0 Å². The maximum Gasteiger partial charge on any atom is 0.317 e. The molecule has 0 radical (unpaired) electrons. The van der Waals surface area contributed by atoms with Crippen molar-refractivity contribution in [3.63, 3.8) is 0 Å². The molecule has 2 amide bonds. The predicted molar refractivity (Wildman–Crippen MR) is 58.7 cm³/mol. The number of hydrogen-bond acceptors (Lipinski definition) is 3. The Kier molecular flexibility index (Phi) is 5.42. The molecule has 0 bridgehead atoms. The van der Waals surface area contributed by atoms with E-state index in [9.17, 15) is 4.79 Å². The van der Waals surface area contributed by atoms with Gasteiger partial charge in [0.15, 0.2) is 0 Å². The average molecular weight is 215 g/mol. The molecule has 5 nitrogen and oxygen atoms in total. The summed E-state index contributed by atoms with van der Waals surface area (Å²) in [6, 6.07) is 0.0419. The number of carbonyl (C=O) groups excluding carboxylic acids is 1. The molecule has 1 unspecified atom stereocenters. The van der Waals surface area contributed by atoms with E-state index in [1.165, 1.54) is 0 Å². The fourth-order valence-corrected chi connectivity index (χ4v) is 1.61. The number of amides is 2. The van der Waals surface area contributed by atoms with Crippen molar-refractivity contribution in [3.05, 3.63) is 0 Å². The second kappa shape index (κ2) is 6.63. The van der Waals surface area contributed by atoms with Gasteiger partial charge < -0.3 is 20.6 Å². The Morgan fingerprint density at radius 2 is 2.47 bits per heavy atom. The molecule has 1 heterocycles. The van der Waals surface area contributed by atoms with E-state index in [4.69, 9.17) is 5.11 Å². The second-order valence-electron chi connectivity index (χ2n) is 4.04. The molecule has 1 atom stereocenters. The molecule has 0 aromatic carbocycles. The zero-order valence-electron chi connectivity index (χ0n) is 9.33. The third kappa shape index (κ3) is 4.48. The summed E-state index contributed by atoms with van der Waals surface area (Å²) in [4.78, 5) is 13.0. The molecule has 88 valence electrons. The zero-order chi connectivity index (χ0) is 11.1. The van der Waals surface area contributed by atoms with E-state index in [2.05, 4.69) is 17.6 Å². The Hall–Kier alpha value is -0.810. The van der Waals surface area contributed by atoms with E-state index in [-0.39, 0.29) is 12.6 Å². The largest absolute Gasteiger partial charge is 0.396 e. The summed E-state index contributed by atoms with van der Waals surface area (Å²) in [5.41, 5.74) is 0. The lowest BCUT2D eigenvalue weighted by Crippen LogP contribution is -2.35. The molecule has 0 aromatic heterocycles. The number of aliphatic hydroxyl groups is 1. The first-order valence-electron chi connectivity index (χ1n) is 5.58. The molecule has 1 aliphatic heterocycles. The minimum atomic E-state index is 0.0419. The standard InChI is InChI=1S/C10H21N3O2/c1-9(2-7-14)8-11-3-5-13-6-4-12-10(13)15/h9,11,14H,2-8H2,1H3,(H,12,15). The van der Waals surface area contributed by atoms with Gasteiger partial charge in [-0.3, -0.25) is 0 Å². The second-order valence-corrected chi connectivity index (χ2v) is 4.04. The molecular weight excluding hydrogens is 194 g/mol. The Morgan fingerprint density at radius 1 is 1.67 bits per heavy atom. The van der Waals surface area contributed by atoms with Crippen molar-refractivity contribution in [2.75, 3.05) is 39.3 Å². The molecule has 0 saturated carbocycles. The first-order valence-corrected chi connectivity index (χ1v) is 5.58. The number of nitrogens with zero attached hydrogens (tertiary/aromatic N) is 1. The van der Waals surface area contributed by atoms with Crippen molar-refractivity contribution < 1.29 is 9.90 Å². The van der Waals surface area contributed by atoms with Crippen LogP contribution in [0, 0.1) is 5.92 Å². The third-order valence-corrected chi connectivity index (χ3v) is 2.62. The molecule has 0 aliphatic carbocycles. The van der Waals surface area contributed by atoms with Crippen LogP contribution in [0.4, 0.5) is 4.79 Å². The monoisotopic (exact) mass is 215 g/mol. The van der Waals surface area contributed by atoms with Crippen LogP contribution in [0.15, 0.2) is 0 Å². The maximum atomic E-state index is 11.2. The van der Waals surface area contributed by atoms with Crippen molar-refractivity contribution in [1.82, 2.24) is 15.5 Å². The average Bonchev–Trinajstić information content (AvgIpc) is 2.60. The fourth-order valence-electron chi connectivity index (χ4n) is 1.61. The van der Waals surface area contributed by atoms with Crippen LogP contribution < -0.4 is 10.6 Å². The third-order valence-electron chi connectivity index (χ3n) is 2.62. The number of urea groups is 1. The highest BCUT2D eigenvalue weighted by Crippen LogP contribution is 1.98. The quantitative estimate of drug-likeness (QED) is 0.507. The van der Waals surface area contributed by atoms with Crippen molar-refractivity contribution in [3.8, 4) is 0 Å². The highest BCUT2D eigenvalue weighted by molar-refractivity contribution is 5.76. The summed E-state index contributed by atoms with van der Waals surface area (Å²) < 4.78 is 0. The maximum absolute atomic E-state index is 11.2. The van der Waals surface area contributed by atoms with Gasteiger partial charge >= 0.3 is 6.03 Å². The van der Waals surface area contributed by atoms with E-state index in [1.807, 2.05) is 4.90 Å². The van der Waals surface area contributed by atoms with Gasteiger partial charge in [0, 0.05) is 32.8 Å². The normalized spacial score (nSPS) is 18.0. The molecule has 15 heavy (non-hydrogen) atoms. The number of hydrogen-bond donors (Lipinski definition) is 3. The van der Waals surface area contributed by atoms with Gasteiger partial charge in [0.05, 0.1) is 0 Å². The van der Waals surface area contributed by atoms with Crippen LogP contribution >= 0.6 is 0 Å². The number of aliphatic hydroxyl groups excluding tert-OH is 1. The molecular formula is C10H21N3O2. The van der Waals surface area contributed by atoms with Crippen LogP contribution in [0.3, 0.4) is 0 Å². The van der Waals surface area contributed by atoms with Gasteiger partial charge in [-0.2, -0.15) is 0 Å². The first kappa shape index (κ1) is 12.3. The smallest absolute Gasteiger partial charge is 0.317 e. The van der Waals surface area contributed by atoms with E-state index in [1.54, 1.807) is 0 Å². The van der Waals surface area contributed by atoms with Crippen molar-refractivity contribution in [1.29, 1.82) is 0 Å². The van der Waals surface area contributed by atoms with Gasteiger partial charge in [0.25, 0.3) is 0 Å². The van der Waals surface area contributed by atoms with Gasteiger partial charge in [-0.15, -0.1) is 0 Å². The minimum absolute atomic E-state index is 0.0419. The number of nitrogens with one attached hydrogen (secondary N) is 2. The van der Waals surface area contributed by atoms with E-state index in [0.29, 0.717) is 5.92 Å². The van der Waals surface area contributed by atoms with Crippen LogP contribution in [0.25, 0.3) is 0 Å². The summed E-state index contributed by atoms with van der Waals surface area (Å²) in [5.74, 6) is 0.488. The van der Waals surface area contributed by atoms with Crippen molar-refractivity contribution in [2.24, 2.45) is 5.92 Å². The topological polar surface area (TPSA) is 64.6 Å². The van der Waals surface area contributed by atoms with Gasteiger partial charge in [-0.05, 0) is 18.9 Å². The lowest BCUT2D eigenvalue weighted by molar-refractivity contribution is 0.217. The van der Waals surface area contributed by atoms with Crippen molar-refractivity contribution in [2.45, 2.75) is 13.3 Å². The Morgan fingerprint density at radius 3 is 3.07 bits per heavy atom. The molecule has 1 fully saturated rings. The number of carbonyl (C=O) groups is 1. The first-order chi connectivity index (χ1) is 7.24. The van der Waals surface area contributed by atoms with Crippen LogP contribution in [-0.2, 0) is 0 Å². The molecule has 1 saturated heterocycles. The van der Waals surface area contributed by atoms with E-state index in [0.717, 1.165) is 39.1 Å². The summed E-state index contributed by atoms with van der Waals surface area (Å²) in [6.07, 6.45) is 0.831. The lowest BCUT2D eigenvalue weighted by atomic mass is 10.1. The van der Waals surface area contributed by atoms with E-state index < -0.39 is 0 Å². The zero-order valence-corrected chi connectivity index (χ0v) is 9.33. The van der Waals surface area contributed by atoms with Gasteiger partial charge in [0.2, 0.25) is 0 Å². The van der Waals surface area contributed by atoms with Gasteiger partial charge in [0.1, 0.15) is 0 Å². The molecule has 0 aromatic rings. The van der Waals surface area contributed by atoms with Crippen LogP contribution in [0.1, 0.15) is 13.3 Å². The summed E-state index contributed by atoms with van der Waals surface area (Å²) in [6.45, 7) is 6.41. The molecule has 3 N–H and O–H groups in total. The highest BCUT2D eigenvalue weighted by atomic mass is 16.3. The lowest BCUT2D eigenvalue weighted by Gasteiger charge is -2.16. The van der Waals surface area contributed by atoms with E-state index >= 15 is 0 Å². The molecule has 0 spiro atoms. The number of rotatable bonds is 7. The van der Waals surface area contributed by atoms with Crippen LogP contribution in [-0.4, -0.2) is 55.4 Å². The van der Waals surface area contributed by atoms with Crippen LogP contribution in [0.2, 0.25) is 0 Å². The summed E-state index contributed by atoms with van der Waals surface area (Å²) in [5, 5.41) is 14.8. The predicted octanol–water partition coefficient (Wildman–Crippen LogP) is -0.380. The molecule has 1 rings (SSSR count). The SMILES string of the molecule is CC(CCO)CNCCN1CCNC1=O. The summed E-state index contributed by atoms with van der Waals surface area (Å²) in [7, 11) is 0.